The van der Waals surface area contributed by atoms with E-state index in [2.05, 4.69) is 38.8 Å². The van der Waals surface area contributed by atoms with Crippen molar-refractivity contribution < 1.29 is 14.3 Å². The van der Waals surface area contributed by atoms with Crippen LogP contribution >= 0.6 is 11.8 Å². The maximum atomic E-state index is 12.3. The molecule has 5 rings (SSSR count). The molecule has 1 aromatic carbocycles. The van der Waals surface area contributed by atoms with Gasteiger partial charge in [-0.15, -0.1) is 11.8 Å². The Morgan fingerprint density at radius 1 is 1.29 bits per heavy atom. The minimum absolute atomic E-state index is 0.0325. The Kier molecular flexibility index (Phi) is 5.74. The predicted molar refractivity (Wildman–Crippen MR) is 124 cm³/mol. The van der Waals surface area contributed by atoms with Crippen LogP contribution in [0.1, 0.15) is 47.5 Å². The van der Waals surface area contributed by atoms with E-state index in [0.29, 0.717) is 18.3 Å². The molecule has 7 nitrogen and oxygen atoms in total. The highest BCUT2D eigenvalue weighted by Gasteiger charge is 2.22. The van der Waals surface area contributed by atoms with Crippen molar-refractivity contribution in [3.05, 3.63) is 53.6 Å². The van der Waals surface area contributed by atoms with E-state index in [-0.39, 0.29) is 18.6 Å². The highest BCUT2D eigenvalue weighted by Crippen LogP contribution is 2.32. The van der Waals surface area contributed by atoms with Crippen LogP contribution in [0.3, 0.4) is 0 Å². The Hall–Kier alpha value is -2.71. The first-order chi connectivity index (χ1) is 15.2. The quantitative estimate of drug-likeness (QED) is 0.448. The number of hydrogen-bond donors (Lipinski definition) is 4. The molecule has 1 aliphatic heterocycles. The lowest BCUT2D eigenvalue weighted by Gasteiger charge is -2.16. The fourth-order valence-electron chi connectivity index (χ4n) is 4.26. The third-order valence-electron chi connectivity index (χ3n) is 5.85. The first kappa shape index (κ1) is 20.2. The number of rotatable bonds is 7. The summed E-state index contributed by atoms with van der Waals surface area (Å²) in [5.74, 6) is 0.888. The zero-order valence-electron chi connectivity index (χ0n) is 17.2. The summed E-state index contributed by atoms with van der Waals surface area (Å²) >= 11 is 1.67. The van der Waals surface area contributed by atoms with E-state index in [1.807, 2.05) is 0 Å². The molecule has 162 valence electrons. The van der Waals surface area contributed by atoms with Crippen LogP contribution in [0, 0.1) is 0 Å². The molecule has 2 aromatic heterocycles. The molecule has 0 radical (unpaired) electrons. The van der Waals surface area contributed by atoms with Gasteiger partial charge in [-0.1, -0.05) is 12.8 Å². The van der Waals surface area contributed by atoms with Gasteiger partial charge in [0.25, 0.3) is 5.91 Å². The Morgan fingerprint density at radius 2 is 2.16 bits per heavy atom. The molecule has 2 aliphatic rings. The molecular weight excluding hydrogens is 412 g/mol. The summed E-state index contributed by atoms with van der Waals surface area (Å²) in [6, 6.07) is 10.1. The van der Waals surface area contributed by atoms with Gasteiger partial charge in [-0.3, -0.25) is 9.79 Å². The van der Waals surface area contributed by atoms with Crippen LogP contribution in [0.2, 0.25) is 0 Å². The molecule has 0 bridgehead atoms. The summed E-state index contributed by atoms with van der Waals surface area (Å²) in [4.78, 5) is 20.4. The molecule has 1 fully saturated rings. The summed E-state index contributed by atoms with van der Waals surface area (Å²) in [7, 11) is 0. The number of aliphatic hydroxyl groups is 1. The molecule has 3 aromatic rings. The number of H-pyrrole nitrogens is 1. The van der Waals surface area contributed by atoms with Crippen molar-refractivity contribution >= 4 is 39.3 Å². The van der Waals surface area contributed by atoms with Gasteiger partial charge in [0.05, 0.1) is 35.8 Å². The smallest absolute Gasteiger partial charge is 0.287 e. The summed E-state index contributed by atoms with van der Waals surface area (Å²) in [6.07, 6.45) is 6.36. The van der Waals surface area contributed by atoms with Crippen molar-refractivity contribution in [1.82, 2.24) is 10.3 Å². The molecule has 8 heteroatoms. The number of aromatic amines is 1. The highest BCUT2D eigenvalue weighted by atomic mass is 32.2. The Bertz CT molecular complexity index is 1100. The maximum absolute atomic E-state index is 12.3. The number of nitrogens with one attached hydrogen (secondary N) is 3. The first-order valence-corrected chi connectivity index (χ1v) is 11.7. The van der Waals surface area contributed by atoms with Crippen molar-refractivity contribution in [2.45, 2.75) is 44.3 Å². The van der Waals surface area contributed by atoms with Gasteiger partial charge in [0.1, 0.15) is 5.04 Å². The second-order valence-corrected chi connectivity index (χ2v) is 9.17. The molecule has 1 atom stereocenters. The Balaban J connectivity index is 1.44. The zero-order chi connectivity index (χ0) is 21.2. The SMILES string of the molecule is O=C(NCc1cc(NC2CCCC2)c2[nH]c(C3=N[C@H](CO)CS3)cc2c1)c1ccco1. The van der Waals surface area contributed by atoms with Crippen molar-refractivity contribution in [1.29, 1.82) is 0 Å². The Labute approximate surface area is 184 Å². The molecule has 3 heterocycles. The van der Waals surface area contributed by atoms with Crippen LogP contribution in [0.5, 0.6) is 0 Å². The predicted octanol–water partition coefficient (Wildman–Crippen LogP) is 3.90. The van der Waals surface area contributed by atoms with Gasteiger partial charge in [0, 0.05) is 23.7 Å². The van der Waals surface area contributed by atoms with Crippen molar-refractivity contribution in [2.24, 2.45) is 4.99 Å². The van der Waals surface area contributed by atoms with Crippen LogP contribution in [0.15, 0.2) is 46.0 Å². The highest BCUT2D eigenvalue weighted by molar-refractivity contribution is 8.14. The lowest BCUT2D eigenvalue weighted by molar-refractivity contribution is 0.0923. The topological polar surface area (TPSA) is 103 Å². The van der Waals surface area contributed by atoms with Crippen LogP contribution in [-0.2, 0) is 6.54 Å². The van der Waals surface area contributed by atoms with Crippen LogP contribution < -0.4 is 10.6 Å². The number of carbonyl (C=O) groups is 1. The molecular formula is C23H26N4O3S. The minimum Gasteiger partial charge on any atom is -0.459 e. The third-order valence-corrected chi connectivity index (χ3v) is 7.00. The Morgan fingerprint density at radius 3 is 2.90 bits per heavy atom. The number of carbonyl (C=O) groups excluding carboxylic acids is 1. The number of aliphatic imine (C=N–C) groups is 1. The number of nitrogens with zero attached hydrogens (tertiary/aromatic N) is 1. The van der Waals surface area contributed by atoms with E-state index in [1.54, 1.807) is 23.9 Å². The average molecular weight is 439 g/mol. The van der Waals surface area contributed by atoms with E-state index >= 15 is 0 Å². The average Bonchev–Trinajstić information content (AvgIpc) is 3.57. The van der Waals surface area contributed by atoms with Crippen LogP contribution in [-0.4, -0.2) is 45.5 Å². The van der Waals surface area contributed by atoms with Gasteiger partial charge in [-0.05, 0) is 48.7 Å². The van der Waals surface area contributed by atoms with Gasteiger partial charge in [0.15, 0.2) is 5.76 Å². The van der Waals surface area contributed by atoms with Crippen molar-refractivity contribution in [3.63, 3.8) is 0 Å². The molecule has 0 saturated heterocycles. The second-order valence-electron chi connectivity index (χ2n) is 8.16. The van der Waals surface area contributed by atoms with Crippen LogP contribution in [0.25, 0.3) is 10.9 Å². The second kappa shape index (κ2) is 8.80. The number of hydrogen-bond acceptors (Lipinski definition) is 6. The lowest BCUT2D eigenvalue weighted by Crippen LogP contribution is -2.22. The van der Waals surface area contributed by atoms with Crippen molar-refractivity contribution in [3.8, 4) is 0 Å². The van der Waals surface area contributed by atoms with Gasteiger partial charge in [0.2, 0.25) is 0 Å². The normalized spacial score (nSPS) is 19.1. The van der Waals surface area contributed by atoms with E-state index < -0.39 is 0 Å². The third kappa shape index (κ3) is 4.36. The summed E-state index contributed by atoms with van der Waals surface area (Å²) in [5, 5.41) is 18.1. The summed E-state index contributed by atoms with van der Waals surface area (Å²) in [6.45, 7) is 0.488. The molecule has 1 aliphatic carbocycles. The van der Waals surface area contributed by atoms with Crippen molar-refractivity contribution in [2.75, 3.05) is 17.7 Å². The number of aromatic nitrogens is 1. The lowest BCUT2D eigenvalue weighted by atomic mass is 10.1. The van der Waals surface area contributed by atoms with E-state index in [1.165, 1.54) is 31.9 Å². The van der Waals surface area contributed by atoms with Gasteiger partial charge in [-0.25, -0.2) is 0 Å². The molecule has 1 amide bonds. The number of benzene rings is 1. The number of thioether (sulfide) groups is 1. The summed E-state index contributed by atoms with van der Waals surface area (Å²) in [5.41, 5.74) is 4.11. The number of anilines is 1. The fourth-order valence-corrected chi connectivity index (χ4v) is 5.28. The monoisotopic (exact) mass is 438 g/mol. The molecule has 4 N–H and O–H groups in total. The number of furan rings is 1. The van der Waals surface area contributed by atoms with E-state index in [9.17, 15) is 9.90 Å². The summed E-state index contributed by atoms with van der Waals surface area (Å²) < 4.78 is 5.18. The molecule has 0 spiro atoms. The van der Waals surface area contributed by atoms with E-state index in [0.717, 1.165) is 38.6 Å². The van der Waals surface area contributed by atoms with Gasteiger partial charge < -0.3 is 25.1 Å². The molecule has 31 heavy (non-hydrogen) atoms. The zero-order valence-corrected chi connectivity index (χ0v) is 18.0. The van der Waals surface area contributed by atoms with Gasteiger partial charge in [-0.2, -0.15) is 0 Å². The standard InChI is InChI=1S/C23H26N4O3S/c28-12-17-13-31-23(26-17)19-10-15-8-14(11-24-22(29)20-6-3-7-30-20)9-18(21(15)27-19)25-16-4-1-2-5-16/h3,6-10,16-17,25,27-28H,1-2,4-5,11-13H2,(H,24,29)/t17-/m1/s1. The number of amides is 1. The fraction of sp³-hybridized carbons (Fsp3) is 0.391. The van der Waals surface area contributed by atoms with Gasteiger partial charge >= 0.3 is 0 Å². The number of aliphatic hydroxyl groups excluding tert-OH is 1. The first-order valence-electron chi connectivity index (χ1n) is 10.8. The number of fused-ring (bicyclic) bond motifs is 1. The maximum Gasteiger partial charge on any atom is 0.287 e. The minimum atomic E-state index is -0.225. The van der Waals surface area contributed by atoms with Crippen LogP contribution in [0.4, 0.5) is 5.69 Å². The molecule has 1 saturated carbocycles. The largest absolute Gasteiger partial charge is 0.459 e. The van der Waals surface area contributed by atoms with E-state index in [4.69, 9.17) is 4.42 Å². The molecule has 0 unspecified atom stereocenters.